The van der Waals surface area contributed by atoms with Crippen molar-refractivity contribution in [1.29, 1.82) is 0 Å². The van der Waals surface area contributed by atoms with Gasteiger partial charge < -0.3 is 4.90 Å². The summed E-state index contributed by atoms with van der Waals surface area (Å²) in [6.07, 6.45) is 2.58. The second kappa shape index (κ2) is 6.58. The molecule has 5 rings (SSSR count). The minimum absolute atomic E-state index is 0.00482. The topological polar surface area (TPSA) is 113 Å². The van der Waals surface area contributed by atoms with Crippen LogP contribution in [0.1, 0.15) is 66.4 Å². The molecule has 3 heterocycles. The lowest BCUT2D eigenvalue weighted by atomic mass is 9.56. The monoisotopic (exact) mass is 468 g/mol. The minimum atomic E-state index is -1.55. The van der Waals surface area contributed by atoms with Crippen LogP contribution in [0.25, 0.3) is 0 Å². The average molecular weight is 469 g/mol. The number of hydrogen-bond donors (Lipinski definition) is 1. The normalized spacial score (nSPS) is 34.1. The number of benzene rings is 1. The van der Waals surface area contributed by atoms with E-state index in [0.717, 1.165) is 24.9 Å². The highest BCUT2D eigenvalue weighted by Crippen LogP contribution is 2.64. The average Bonchev–Trinajstić information content (AvgIpc) is 2.90. The first-order chi connectivity index (χ1) is 15.6. The molecule has 1 aromatic carbocycles. The molecule has 0 unspecified atom stereocenters. The number of carbonyl (C=O) groups is 3. The van der Waals surface area contributed by atoms with E-state index in [2.05, 4.69) is 31.0 Å². The SMILES string of the molecule is CC1(C)C[C@H]2C[C@@](C)(C1)[C@H]1N2c2ccc([N+](=O)[O-])cc2C[C@]12C(=O)NC(=O)N(C(C)(C)C)C2=O. The number of urea groups is 1. The van der Waals surface area contributed by atoms with Crippen LogP contribution in [0, 0.1) is 26.4 Å². The van der Waals surface area contributed by atoms with E-state index in [0.29, 0.717) is 5.56 Å². The summed E-state index contributed by atoms with van der Waals surface area (Å²) < 4.78 is 0. The third-order valence-corrected chi connectivity index (χ3v) is 8.28. The molecule has 0 aromatic heterocycles. The standard InChI is InChI=1S/C25H32N4O5/c1-22(2,3)28-20(31)25(19(30)26-21(28)32)10-14-9-15(29(33)34)7-8-17(14)27-16-11-23(4,5)13-24(6,12-16)18(25)27/h7-9,16,18H,10-13H2,1-6H3,(H,26,30,32)/t16-,18+,24-,25+/m0/s1. The molecular weight excluding hydrogens is 436 g/mol. The van der Waals surface area contributed by atoms with Gasteiger partial charge in [-0.2, -0.15) is 0 Å². The van der Waals surface area contributed by atoms with Crippen LogP contribution in [0.3, 0.4) is 0 Å². The smallest absolute Gasteiger partial charge is 0.331 e. The van der Waals surface area contributed by atoms with E-state index in [1.165, 1.54) is 17.0 Å². The molecule has 4 amide bonds. The van der Waals surface area contributed by atoms with Gasteiger partial charge in [-0.25, -0.2) is 4.79 Å². The summed E-state index contributed by atoms with van der Waals surface area (Å²) in [4.78, 5) is 55.4. The maximum absolute atomic E-state index is 14.3. The molecule has 3 aliphatic heterocycles. The number of non-ortho nitro benzene ring substituents is 1. The second-order valence-electron chi connectivity index (χ2n) is 12.7. The largest absolute Gasteiger partial charge is 0.363 e. The van der Waals surface area contributed by atoms with Crippen molar-refractivity contribution >= 4 is 29.2 Å². The summed E-state index contributed by atoms with van der Waals surface area (Å²) in [5.41, 5.74) is -1.34. The van der Waals surface area contributed by atoms with Crippen LogP contribution >= 0.6 is 0 Å². The third-order valence-electron chi connectivity index (χ3n) is 8.28. The number of nitro benzene ring substituents is 1. The quantitative estimate of drug-likeness (QED) is 0.381. The van der Waals surface area contributed by atoms with Gasteiger partial charge in [-0.3, -0.25) is 29.9 Å². The third kappa shape index (κ3) is 2.88. The number of hydrogen-bond acceptors (Lipinski definition) is 6. The van der Waals surface area contributed by atoms with Crippen LogP contribution in [0.15, 0.2) is 18.2 Å². The number of amides is 4. The molecule has 0 radical (unpaired) electrons. The molecule has 2 saturated heterocycles. The number of nitrogens with one attached hydrogen (secondary N) is 1. The van der Waals surface area contributed by atoms with E-state index in [1.807, 2.05) is 0 Å². The maximum Gasteiger partial charge on any atom is 0.331 e. The first-order valence-electron chi connectivity index (χ1n) is 11.9. The molecule has 2 bridgehead atoms. The number of barbiturate groups is 1. The van der Waals surface area contributed by atoms with E-state index in [1.54, 1.807) is 26.8 Å². The van der Waals surface area contributed by atoms with Crippen molar-refractivity contribution in [3.8, 4) is 0 Å². The Morgan fingerprint density at radius 1 is 1.12 bits per heavy atom. The van der Waals surface area contributed by atoms with Crippen LogP contribution in [0.5, 0.6) is 0 Å². The van der Waals surface area contributed by atoms with E-state index in [4.69, 9.17) is 0 Å². The van der Waals surface area contributed by atoms with Gasteiger partial charge >= 0.3 is 6.03 Å². The molecule has 9 heteroatoms. The molecular formula is C25H32N4O5. The van der Waals surface area contributed by atoms with Crippen molar-refractivity contribution in [2.45, 2.75) is 84.8 Å². The van der Waals surface area contributed by atoms with Crippen molar-refractivity contribution in [2.24, 2.45) is 16.2 Å². The highest BCUT2D eigenvalue weighted by atomic mass is 16.6. The number of imide groups is 2. The van der Waals surface area contributed by atoms with Gasteiger partial charge in [0.2, 0.25) is 11.8 Å². The molecule has 4 atom stereocenters. The Bertz CT molecular complexity index is 1150. The Hall–Kier alpha value is -2.97. The van der Waals surface area contributed by atoms with Gasteiger partial charge in [-0.15, -0.1) is 0 Å². The van der Waals surface area contributed by atoms with Crippen molar-refractivity contribution in [3.05, 3.63) is 33.9 Å². The zero-order valence-electron chi connectivity index (χ0n) is 20.6. The van der Waals surface area contributed by atoms with Crippen molar-refractivity contribution in [1.82, 2.24) is 10.2 Å². The predicted octanol–water partition coefficient (Wildman–Crippen LogP) is 3.79. The van der Waals surface area contributed by atoms with Crippen molar-refractivity contribution in [2.75, 3.05) is 4.90 Å². The Morgan fingerprint density at radius 3 is 2.41 bits per heavy atom. The number of fused-ring (bicyclic) bond motifs is 8. The predicted molar refractivity (Wildman–Crippen MR) is 125 cm³/mol. The zero-order valence-corrected chi connectivity index (χ0v) is 20.6. The Balaban J connectivity index is 1.78. The van der Waals surface area contributed by atoms with Crippen LogP contribution in [-0.2, 0) is 16.0 Å². The van der Waals surface area contributed by atoms with Crippen molar-refractivity contribution in [3.63, 3.8) is 0 Å². The molecule has 1 saturated carbocycles. The van der Waals surface area contributed by atoms with Gasteiger partial charge in [0.15, 0.2) is 5.41 Å². The number of nitro groups is 1. The summed E-state index contributed by atoms with van der Waals surface area (Å²) in [6, 6.07) is 3.68. The van der Waals surface area contributed by atoms with E-state index in [9.17, 15) is 24.5 Å². The van der Waals surface area contributed by atoms with Gasteiger partial charge in [0.05, 0.1) is 11.0 Å². The van der Waals surface area contributed by atoms with Gasteiger partial charge in [-0.05, 0) is 62.5 Å². The summed E-state index contributed by atoms with van der Waals surface area (Å²) in [7, 11) is 0. The highest BCUT2D eigenvalue weighted by Gasteiger charge is 2.71. The lowest BCUT2D eigenvalue weighted by Gasteiger charge is -2.55. The fraction of sp³-hybridized carbons (Fsp3) is 0.640. The van der Waals surface area contributed by atoms with Crippen LogP contribution in [0.2, 0.25) is 0 Å². The Labute approximate surface area is 199 Å². The first kappa shape index (κ1) is 22.8. The molecule has 1 aliphatic carbocycles. The molecule has 3 fully saturated rings. The maximum atomic E-state index is 14.3. The van der Waals surface area contributed by atoms with Crippen LogP contribution in [-0.4, -0.2) is 45.3 Å². The van der Waals surface area contributed by atoms with Crippen LogP contribution in [0.4, 0.5) is 16.2 Å². The minimum Gasteiger partial charge on any atom is -0.363 e. The van der Waals surface area contributed by atoms with E-state index >= 15 is 0 Å². The fourth-order valence-electron chi connectivity index (χ4n) is 7.74. The zero-order chi connectivity index (χ0) is 25.0. The lowest BCUT2D eigenvalue weighted by Crippen LogP contribution is -2.75. The second-order valence-corrected chi connectivity index (χ2v) is 12.7. The highest BCUT2D eigenvalue weighted by molar-refractivity contribution is 6.21. The molecule has 4 aliphatic rings. The molecule has 9 nitrogen and oxygen atoms in total. The number of anilines is 1. The lowest BCUT2D eigenvalue weighted by molar-refractivity contribution is -0.384. The first-order valence-corrected chi connectivity index (χ1v) is 11.9. The van der Waals surface area contributed by atoms with Gasteiger partial charge in [0, 0.05) is 35.8 Å². The molecule has 1 N–H and O–H groups in total. The molecule has 1 aromatic rings. The number of rotatable bonds is 1. The summed E-state index contributed by atoms with van der Waals surface area (Å²) in [6.45, 7) is 11.9. The van der Waals surface area contributed by atoms with Gasteiger partial charge in [0.1, 0.15) is 0 Å². The molecule has 182 valence electrons. The van der Waals surface area contributed by atoms with Gasteiger partial charge in [-0.1, -0.05) is 20.8 Å². The Morgan fingerprint density at radius 2 is 1.79 bits per heavy atom. The summed E-state index contributed by atoms with van der Waals surface area (Å²) in [5.74, 6) is -1.10. The van der Waals surface area contributed by atoms with Crippen LogP contribution < -0.4 is 10.2 Å². The van der Waals surface area contributed by atoms with Crippen molar-refractivity contribution < 1.29 is 19.3 Å². The molecule has 1 spiro atoms. The molecule has 34 heavy (non-hydrogen) atoms. The Kier molecular flexibility index (Phi) is 4.41. The fourth-order valence-corrected chi connectivity index (χ4v) is 7.74. The van der Waals surface area contributed by atoms with E-state index < -0.39 is 39.8 Å². The summed E-state index contributed by atoms with van der Waals surface area (Å²) >= 11 is 0. The number of nitrogens with zero attached hydrogens (tertiary/aromatic N) is 3. The van der Waals surface area contributed by atoms with E-state index in [-0.39, 0.29) is 29.0 Å². The van der Waals surface area contributed by atoms with Gasteiger partial charge in [0.25, 0.3) is 5.69 Å². The number of carbonyl (C=O) groups excluding carboxylic acids is 3. The summed E-state index contributed by atoms with van der Waals surface area (Å²) in [5, 5.41) is 14.0.